The maximum Gasteiger partial charge on any atom is -0.0170 e. The lowest BCUT2D eigenvalue weighted by Crippen LogP contribution is -2.36. The van der Waals surface area contributed by atoms with Crippen LogP contribution in [0.2, 0.25) is 0 Å². The summed E-state index contributed by atoms with van der Waals surface area (Å²) in [4.78, 5) is 0. The molecule has 5 atom stereocenters. The molecule has 0 radical (unpaired) electrons. The van der Waals surface area contributed by atoms with Crippen molar-refractivity contribution in [1.82, 2.24) is 0 Å². The quantitative estimate of drug-likeness (QED) is 0.435. The van der Waals surface area contributed by atoms with Crippen LogP contribution < -0.4 is 0 Å². The van der Waals surface area contributed by atoms with Gasteiger partial charge in [-0.25, -0.2) is 0 Å². The van der Waals surface area contributed by atoms with E-state index in [2.05, 4.69) is 33.1 Å². The molecule has 0 aromatic heterocycles. The first-order valence-corrected chi connectivity index (χ1v) is 8.95. The lowest BCUT2D eigenvalue weighted by molar-refractivity contribution is 0.122. The maximum absolute atomic E-state index is 3.00. The molecular weight excluding hydrogens is 240 g/mol. The van der Waals surface area contributed by atoms with E-state index in [1.165, 1.54) is 44.9 Å². The molecule has 0 nitrogen and oxygen atoms in total. The molecule has 116 valence electrons. The van der Waals surface area contributed by atoms with Gasteiger partial charge in [-0.2, -0.15) is 0 Å². The summed E-state index contributed by atoms with van der Waals surface area (Å²) in [5.74, 6) is 4.97. The zero-order valence-corrected chi connectivity index (χ0v) is 14.3. The van der Waals surface area contributed by atoms with E-state index in [0.29, 0.717) is 0 Å². The van der Waals surface area contributed by atoms with Crippen LogP contribution in [0.15, 0.2) is 24.8 Å². The summed E-state index contributed by atoms with van der Waals surface area (Å²) < 4.78 is 0. The Balaban J connectivity index is 0.000000461. The van der Waals surface area contributed by atoms with E-state index in [1.54, 1.807) is 0 Å². The van der Waals surface area contributed by atoms with Gasteiger partial charge in [0, 0.05) is 0 Å². The number of hydrogen-bond acceptors (Lipinski definition) is 0. The lowest BCUT2D eigenvalue weighted by atomic mass is 9.58. The van der Waals surface area contributed by atoms with E-state index in [4.69, 9.17) is 0 Å². The molecule has 0 saturated heterocycles. The van der Waals surface area contributed by atoms with Crippen LogP contribution in [-0.2, 0) is 0 Å². The standard InChI is InChI=1S/C16H26.C2H6.C2H4/c1-11-6-8-15-13(10-11)7-9-14-12(2)4-3-5-16(14)15;2*1-2/h8,11-14,16H,3-7,9-10H2,1-2H3;1-2H3;1-2H2/t11?,12-,13?,14?,16?;;/m0../s1. The highest BCUT2D eigenvalue weighted by Crippen LogP contribution is 2.51. The highest BCUT2D eigenvalue weighted by atomic mass is 14.4. The van der Waals surface area contributed by atoms with Crippen molar-refractivity contribution in [3.63, 3.8) is 0 Å². The van der Waals surface area contributed by atoms with Crippen LogP contribution in [0.1, 0.15) is 72.6 Å². The highest BCUT2D eigenvalue weighted by Gasteiger charge is 2.40. The van der Waals surface area contributed by atoms with Crippen molar-refractivity contribution < 1.29 is 0 Å². The normalized spacial score (nSPS) is 38.8. The van der Waals surface area contributed by atoms with Crippen LogP contribution in [0.5, 0.6) is 0 Å². The summed E-state index contributed by atoms with van der Waals surface area (Å²) in [6.07, 6.45) is 13.0. The van der Waals surface area contributed by atoms with Crippen LogP contribution in [-0.4, -0.2) is 0 Å². The molecule has 20 heavy (non-hydrogen) atoms. The Bertz CT molecular complexity index is 301. The van der Waals surface area contributed by atoms with Crippen molar-refractivity contribution in [3.05, 3.63) is 24.8 Å². The largest absolute Gasteiger partial charge is 0.106 e. The molecule has 4 unspecified atom stereocenters. The number of allylic oxidation sites excluding steroid dienone is 2. The van der Waals surface area contributed by atoms with E-state index in [-0.39, 0.29) is 0 Å². The topological polar surface area (TPSA) is 0 Å². The van der Waals surface area contributed by atoms with E-state index < -0.39 is 0 Å². The third-order valence-corrected chi connectivity index (χ3v) is 5.61. The summed E-state index contributed by atoms with van der Waals surface area (Å²) >= 11 is 0. The Labute approximate surface area is 127 Å². The Morgan fingerprint density at radius 2 is 1.70 bits per heavy atom. The predicted octanol–water partition coefficient (Wildman–Crippen LogP) is 6.63. The van der Waals surface area contributed by atoms with Crippen LogP contribution >= 0.6 is 0 Å². The number of fused-ring (bicyclic) bond motifs is 3. The molecular formula is C20H36. The van der Waals surface area contributed by atoms with Crippen molar-refractivity contribution >= 4 is 0 Å². The molecule has 0 spiro atoms. The molecule has 0 aromatic rings. The third kappa shape index (κ3) is 3.77. The fourth-order valence-electron chi connectivity index (χ4n) is 4.74. The monoisotopic (exact) mass is 276 g/mol. The second-order valence-electron chi connectivity index (χ2n) is 6.73. The summed E-state index contributed by atoms with van der Waals surface area (Å²) in [5.41, 5.74) is 1.90. The van der Waals surface area contributed by atoms with Crippen molar-refractivity contribution in [1.29, 1.82) is 0 Å². The number of rotatable bonds is 0. The Morgan fingerprint density at radius 3 is 2.40 bits per heavy atom. The Hall–Kier alpha value is -0.520. The van der Waals surface area contributed by atoms with Crippen LogP contribution in [0.3, 0.4) is 0 Å². The van der Waals surface area contributed by atoms with Crippen LogP contribution in [0, 0.1) is 29.6 Å². The second kappa shape index (κ2) is 8.70. The van der Waals surface area contributed by atoms with Gasteiger partial charge < -0.3 is 0 Å². The van der Waals surface area contributed by atoms with Gasteiger partial charge in [-0.1, -0.05) is 52.2 Å². The molecule has 2 saturated carbocycles. The molecule has 3 rings (SSSR count). The van der Waals surface area contributed by atoms with Gasteiger partial charge in [0.2, 0.25) is 0 Å². The summed E-state index contributed by atoms with van der Waals surface area (Å²) in [6, 6.07) is 0. The first-order chi connectivity index (χ1) is 9.75. The van der Waals surface area contributed by atoms with Crippen molar-refractivity contribution in [2.75, 3.05) is 0 Å². The molecule has 0 aliphatic heterocycles. The van der Waals surface area contributed by atoms with Crippen LogP contribution in [0.4, 0.5) is 0 Å². The minimum atomic E-state index is 0.950. The van der Waals surface area contributed by atoms with E-state index in [0.717, 1.165) is 29.6 Å². The van der Waals surface area contributed by atoms with Gasteiger partial charge in [0.1, 0.15) is 0 Å². The summed E-state index contributed by atoms with van der Waals surface area (Å²) in [7, 11) is 0. The van der Waals surface area contributed by atoms with Gasteiger partial charge in [0.25, 0.3) is 0 Å². The predicted molar refractivity (Wildman–Crippen MR) is 91.8 cm³/mol. The average molecular weight is 277 g/mol. The van der Waals surface area contributed by atoms with Gasteiger partial charge in [-0.05, 0) is 61.7 Å². The van der Waals surface area contributed by atoms with Crippen molar-refractivity contribution in [3.8, 4) is 0 Å². The van der Waals surface area contributed by atoms with E-state index >= 15 is 0 Å². The SMILES string of the molecule is C=C.CC.CC1CC=C2C(CCC3C2CCC[C@@H]3C)C1. The molecule has 0 amide bonds. The van der Waals surface area contributed by atoms with Crippen LogP contribution in [0.25, 0.3) is 0 Å². The molecule has 0 N–H and O–H groups in total. The zero-order valence-electron chi connectivity index (χ0n) is 14.3. The minimum Gasteiger partial charge on any atom is -0.106 e. The molecule has 0 heteroatoms. The second-order valence-corrected chi connectivity index (χ2v) is 6.73. The van der Waals surface area contributed by atoms with E-state index in [1.807, 2.05) is 19.4 Å². The smallest absolute Gasteiger partial charge is 0.0170 e. The van der Waals surface area contributed by atoms with Crippen molar-refractivity contribution in [2.24, 2.45) is 29.6 Å². The fourth-order valence-corrected chi connectivity index (χ4v) is 4.74. The maximum atomic E-state index is 3.00. The van der Waals surface area contributed by atoms with Gasteiger partial charge in [-0.3, -0.25) is 0 Å². The highest BCUT2D eigenvalue weighted by molar-refractivity contribution is 5.19. The molecule has 3 aliphatic carbocycles. The molecule has 0 bridgehead atoms. The Kier molecular flexibility index (Phi) is 7.62. The van der Waals surface area contributed by atoms with Gasteiger partial charge in [-0.15, -0.1) is 13.2 Å². The zero-order chi connectivity index (χ0) is 15.1. The fraction of sp³-hybridized carbons (Fsp3) is 0.800. The first kappa shape index (κ1) is 17.5. The molecule has 2 fully saturated rings. The summed E-state index contributed by atoms with van der Waals surface area (Å²) in [6.45, 7) is 14.9. The molecule has 0 heterocycles. The summed E-state index contributed by atoms with van der Waals surface area (Å²) in [5, 5.41) is 0. The Morgan fingerprint density at radius 1 is 1.00 bits per heavy atom. The van der Waals surface area contributed by atoms with Gasteiger partial charge in [0.05, 0.1) is 0 Å². The first-order valence-electron chi connectivity index (χ1n) is 8.95. The average Bonchev–Trinajstić information content (AvgIpc) is 2.51. The number of hydrogen-bond donors (Lipinski definition) is 0. The third-order valence-electron chi connectivity index (χ3n) is 5.61. The lowest BCUT2D eigenvalue weighted by Gasteiger charge is -2.47. The molecule has 0 aromatic carbocycles. The van der Waals surface area contributed by atoms with Crippen molar-refractivity contribution in [2.45, 2.75) is 72.6 Å². The minimum absolute atomic E-state index is 0.950. The van der Waals surface area contributed by atoms with Gasteiger partial charge >= 0.3 is 0 Å². The molecule has 3 aliphatic rings. The van der Waals surface area contributed by atoms with Gasteiger partial charge in [0.15, 0.2) is 0 Å². The van der Waals surface area contributed by atoms with E-state index in [9.17, 15) is 0 Å².